The first-order valence-corrected chi connectivity index (χ1v) is 13.3. The van der Waals surface area contributed by atoms with Gasteiger partial charge in [-0.1, -0.05) is 67.0 Å². The van der Waals surface area contributed by atoms with E-state index in [0.29, 0.717) is 42.4 Å². The number of hydrogen-bond acceptors (Lipinski definition) is 8. The molecule has 0 spiro atoms. The molecule has 0 radical (unpaired) electrons. The lowest BCUT2D eigenvalue weighted by atomic mass is 9.96. The Balaban J connectivity index is 1.50. The third-order valence-electron chi connectivity index (χ3n) is 6.59. The van der Waals surface area contributed by atoms with Gasteiger partial charge in [0.2, 0.25) is 5.95 Å². The van der Waals surface area contributed by atoms with Gasteiger partial charge in [0.05, 0.1) is 24.7 Å². The summed E-state index contributed by atoms with van der Waals surface area (Å²) in [6.07, 6.45) is 6.19. The van der Waals surface area contributed by atoms with Gasteiger partial charge in [0.25, 0.3) is 5.56 Å². The van der Waals surface area contributed by atoms with Crippen LogP contribution in [0.3, 0.4) is 0 Å². The van der Waals surface area contributed by atoms with E-state index in [1.54, 1.807) is 19.3 Å². The Labute approximate surface area is 230 Å². The lowest BCUT2D eigenvalue weighted by Gasteiger charge is -2.15. The molecule has 0 aliphatic carbocycles. The van der Waals surface area contributed by atoms with E-state index < -0.39 is 5.76 Å². The molecular weight excluding hydrogens is 508 g/mol. The minimum absolute atomic E-state index is 0.174. The van der Waals surface area contributed by atoms with E-state index >= 15 is 0 Å². The second-order valence-corrected chi connectivity index (χ2v) is 9.34. The van der Waals surface area contributed by atoms with E-state index in [0.717, 1.165) is 40.8 Å². The van der Waals surface area contributed by atoms with Crippen molar-refractivity contribution >= 4 is 0 Å². The van der Waals surface area contributed by atoms with Crippen molar-refractivity contribution < 1.29 is 9.26 Å². The zero-order valence-electron chi connectivity index (χ0n) is 22.7. The van der Waals surface area contributed by atoms with Gasteiger partial charge >= 0.3 is 5.76 Å². The summed E-state index contributed by atoms with van der Waals surface area (Å²) in [6, 6.07) is 15.6. The number of H-pyrrole nitrogens is 1. The predicted octanol–water partition coefficient (Wildman–Crippen LogP) is 4.67. The lowest BCUT2D eigenvalue weighted by molar-refractivity contribution is 0.337. The minimum Gasteiger partial charge on any atom is -0.491 e. The summed E-state index contributed by atoms with van der Waals surface area (Å²) >= 11 is 0. The van der Waals surface area contributed by atoms with E-state index in [1.807, 2.05) is 55.5 Å². The van der Waals surface area contributed by atoms with Crippen molar-refractivity contribution in [1.29, 1.82) is 0 Å². The first-order valence-electron chi connectivity index (χ1n) is 13.3. The van der Waals surface area contributed by atoms with E-state index in [1.165, 1.54) is 4.57 Å². The zero-order chi connectivity index (χ0) is 28.1. The molecule has 0 aliphatic heterocycles. The highest BCUT2D eigenvalue weighted by Gasteiger charge is 2.18. The standard InChI is InChI=1S/C30H30N6O4/c1-4-6-11-26-25(28(37)36(19(3)33-26)29-31-17-22(18-32-29)39-5-2)16-20-12-14-21(15-13-20)23-9-7-8-10-24(23)27-34-30(38)40-35-27/h7-10,12-15,17-18H,4-6,11,16H2,1-3H3,(H,34,35,38). The van der Waals surface area contributed by atoms with Crippen LogP contribution in [0.1, 0.15) is 49.3 Å². The molecule has 1 N–H and O–H groups in total. The molecule has 3 heterocycles. The molecule has 5 rings (SSSR count). The number of aryl methyl sites for hydroxylation is 2. The number of benzene rings is 2. The van der Waals surface area contributed by atoms with Crippen molar-refractivity contribution in [3.63, 3.8) is 0 Å². The maximum absolute atomic E-state index is 13.8. The summed E-state index contributed by atoms with van der Waals surface area (Å²) in [5.41, 5.74) is 4.82. The maximum Gasteiger partial charge on any atom is 0.439 e. The van der Waals surface area contributed by atoms with E-state index in [2.05, 4.69) is 27.0 Å². The molecule has 0 saturated heterocycles. The molecule has 204 valence electrons. The Hall–Kier alpha value is -4.86. The summed E-state index contributed by atoms with van der Waals surface area (Å²) in [5.74, 6) is 1.11. The topological polar surface area (TPSA) is 129 Å². The van der Waals surface area contributed by atoms with Gasteiger partial charge in [-0.3, -0.25) is 14.3 Å². The first kappa shape index (κ1) is 26.7. The third kappa shape index (κ3) is 5.61. The van der Waals surface area contributed by atoms with Crippen LogP contribution >= 0.6 is 0 Å². The predicted molar refractivity (Wildman–Crippen MR) is 151 cm³/mol. The summed E-state index contributed by atoms with van der Waals surface area (Å²) in [4.78, 5) is 41.5. The van der Waals surface area contributed by atoms with Gasteiger partial charge in [-0.15, -0.1) is 0 Å². The average molecular weight is 539 g/mol. The Morgan fingerprint density at radius 3 is 2.35 bits per heavy atom. The summed E-state index contributed by atoms with van der Waals surface area (Å²) in [6.45, 7) is 6.31. The average Bonchev–Trinajstić information content (AvgIpc) is 3.41. The fourth-order valence-corrected chi connectivity index (χ4v) is 4.64. The molecule has 0 amide bonds. The minimum atomic E-state index is -0.605. The van der Waals surface area contributed by atoms with Gasteiger partial charge in [-0.05, 0) is 43.4 Å². The summed E-state index contributed by atoms with van der Waals surface area (Å²) in [5, 5.41) is 3.84. The Morgan fingerprint density at radius 2 is 1.70 bits per heavy atom. The van der Waals surface area contributed by atoms with Gasteiger partial charge in [-0.2, -0.15) is 0 Å². The van der Waals surface area contributed by atoms with E-state index in [9.17, 15) is 9.59 Å². The summed E-state index contributed by atoms with van der Waals surface area (Å²) < 4.78 is 11.6. The zero-order valence-corrected chi connectivity index (χ0v) is 22.7. The molecule has 3 aromatic heterocycles. The van der Waals surface area contributed by atoms with Gasteiger partial charge in [-0.25, -0.2) is 24.3 Å². The number of nitrogens with zero attached hydrogens (tertiary/aromatic N) is 5. The molecule has 0 aliphatic rings. The third-order valence-corrected chi connectivity index (χ3v) is 6.59. The largest absolute Gasteiger partial charge is 0.491 e. The smallest absolute Gasteiger partial charge is 0.439 e. The van der Waals surface area contributed by atoms with Crippen LogP contribution in [0.2, 0.25) is 0 Å². The second-order valence-electron chi connectivity index (χ2n) is 9.34. The van der Waals surface area contributed by atoms with Crippen LogP contribution in [-0.4, -0.2) is 36.3 Å². The second kappa shape index (κ2) is 11.9. The van der Waals surface area contributed by atoms with Gasteiger partial charge < -0.3 is 4.74 Å². The van der Waals surface area contributed by atoms with Crippen LogP contribution in [-0.2, 0) is 12.8 Å². The fraction of sp³-hybridized carbons (Fsp3) is 0.267. The molecule has 40 heavy (non-hydrogen) atoms. The van der Waals surface area contributed by atoms with Crippen molar-refractivity contribution in [1.82, 2.24) is 29.7 Å². The number of hydrogen-bond donors (Lipinski definition) is 1. The molecule has 10 heteroatoms. The van der Waals surface area contributed by atoms with Crippen LogP contribution < -0.4 is 16.1 Å². The van der Waals surface area contributed by atoms with Crippen LogP contribution in [0.5, 0.6) is 5.75 Å². The van der Waals surface area contributed by atoms with Crippen molar-refractivity contribution in [3.8, 4) is 34.2 Å². The SMILES string of the molecule is CCCCc1nc(C)n(-c2ncc(OCC)cn2)c(=O)c1Cc1ccc(-c2ccccc2-c2noc(=O)[nH]2)cc1. The van der Waals surface area contributed by atoms with Crippen molar-refractivity contribution in [2.45, 2.75) is 46.5 Å². The lowest BCUT2D eigenvalue weighted by Crippen LogP contribution is -2.29. The highest BCUT2D eigenvalue weighted by Crippen LogP contribution is 2.30. The molecule has 5 aromatic rings. The van der Waals surface area contributed by atoms with Gasteiger partial charge in [0, 0.05) is 17.5 Å². The van der Waals surface area contributed by atoms with Gasteiger partial charge in [0.15, 0.2) is 11.6 Å². The monoisotopic (exact) mass is 538 g/mol. The molecule has 10 nitrogen and oxygen atoms in total. The molecular formula is C30H30N6O4. The van der Waals surface area contributed by atoms with E-state index in [4.69, 9.17) is 14.2 Å². The van der Waals surface area contributed by atoms with Crippen LogP contribution in [0.25, 0.3) is 28.5 Å². The van der Waals surface area contributed by atoms with Crippen LogP contribution in [0.4, 0.5) is 0 Å². The van der Waals surface area contributed by atoms with Gasteiger partial charge in [0.1, 0.15) is 5.82 Å². The van der Waals surface area contributed by atoms with Crippen LogP contribution in [0, 0.1) is 6.92 Å². The van der Waals surface area contributed by atoms with Crippen molar-refractivity contribution in [2.24, 2.45) is 0 Å². The maximum atomic E-state index is 13.8. The molecule has 0 atom stereocenters. The molecule has 0 unspecified atom stereocenters. The highest BCUT2D eigenvalue weighted by molar-refractivity contribution is 5.80. The number of aromatic amines is 1. The number of nitrogens with one attached hydrogen (secondary N) is 1. The number of aromatic nitrogens is 6. The molecule has 0 fully saturated rings. The Bertz CT molecular complexity index is 1720. The molecule has 2 aromatic carbocycles. The normalized spacial score (nSPS) is 11.1. The number of rotatable bonds is 10. The number of ether oxygens (including phenoxy) is 1. The Morgan fingerprint density at radius 1 is 0.975 bits per heavy atom. The molecule has 0 saturated carbocycles. The summed E-state index contributed by atoms with van der Waals surface area (Å²) in [7, 11) is 0. The molecule has 0 bridgehead atoms. The number of unbranched alkanes of at least 4 members (excludes halogenated alkanes) is 1. The Kier molecular flexibility index (Phi) is 7.95. The van der Waals surface area contributed by atoms with E-state index in [-0.39, 0.29) is 11.5 Å². The highest BCUT2D eigenvalue weighted by atomic mass is 16.5. The van der Waals surface area contributed by atoms with Crippen molar-refractivity contribution in [3.05, 3.63) is 104 Å². The quantitative estimate of drug-likeness (QED) is 0.272. The van der Waals surface area contributed by atoms with Crippen LogP contribution in [0.15, 0.2) is 75.0 Å². The fourth-order valence-electron chi connectivity index (χ4n) is 4.64. The van der Waals surface area contributed by atoms with Crippen molar-refractivity contribution in [2.75, 3.05) is 6.61 Å². The first-order chi connectivity index (χ1) is 19.5.